The fourth-order valence-electron chi connectivity index (χ4n) is 2.65. The molecule has 1 N–H and O–H groups in total. The maximum absolute atomic E-state index is 10.2. The predicted octanol–water partition coefficient (Wildman–Crippen LogP) is 2.96. The first kappa shape index (κ1) is 14.8. The molecule has 2 atom stereocenters. The van der Waals surface area contributed by atoms with Gasteiger partial charge in [0, 0.05) is 31.0 Å². The largest absolute Gasteiger partial charge is 0.493 e. The Morgan fingerprint density at radius 3 is 3.00 bits per heavy atom. The molecule has 1 heterocycles. The van der Waals surface area contributed by atoms with Gasteiger partial charge in [0.2, 0.25) is 0 Å². The van der Waals surface area contributed by atoms with Gasteiger partial charge in [-0.2, -0.15) is 0 Å². The van der Waals surface area contributed by atoms with E-state index in [0.717, 1.165) is 35.2 Å². The van der Waals surface area contributed by atoms with Crippen LogP contribution in [0.2, 0.25) is 0 Å². The Labute approximate surface area is 123 Å². The molecular weight excluding hydrogens is 308 g/mol. The van der Waals surface area contributed by atoms with E-state index in [0.29, 0.717) is 18.9 Å². The maximum atomic E-state index is 10.2. The third kappa shape index (κ3) is 3.94. The third-order valence-electron chi connectivity index (χ3n) is 3.41. The molecule has 19 heavy (non-hydrogen) atoms. The molecule has 4 heteroatoms. The van der Waals surface area contributed by atoms with Gasteiger partial charge in [0.05, 0.1) is 12.7 Å². The van der Waals surface area contributed by atoms with Crippen molar-refractivity contribution in [3.8, 4) is 5.75 Å². The van der Waals surface area contributed by atoms with E-state index in [9.17, 15) is 5.11 Å². The molecule has 2 rings (SSSR count). The van der Waals surface area contributed by atoms with E-state index >= 15 is 0 Å². The lowest BCUT2D eigenvalue weighted by Crippen LogP contribution is -2.17. The lowest BCUT2D eigenvalue weighted by atomic mass is 9.97. The van der Waals surface area contributed by atoms with Gasteiger partial charge >= 0.3 is 0 Å². The minimum Gasteiger partial charge on any atom is -0.493 e. The summed E-state index contributed by atoms with van der Waals surface area (Å²) < 4.78 is 11.8. The molecule has 0 aromatic heterocycles. The second kappa shape index (κ2) is 6.73. The zero-order valence-electron chi connectivity index (χ0n) is 11.5. The van der Waals surface area contributed by atoms with Crippen LogP contribution in [-0.4, -0.2) is 31.5 Å². The zero-order valence-corrected chi connectivity index (χ0v) is 13.1. The summed E-state index contributed by atoms with van der Waals surface area (Å²) >= 11 is 3.52. The van der Waals surface area contributed by atoms with Gasteiger partial charge < -0.3 is 14.6 Å². The van der Waals surface area contributed by atoms with Crippen molar-refractivity contribution < 1.29 is 14.6 Å². The number of aliphatic hydroxyl groups excluding tert-OH is 1. The maximum Gasteiger partial charge on any atom is 0.125 e. The van der Waals surface area contributed by atoms with Crippen molar-refractivity contribution >= 4 is 15.9 Å². The summed E-state index contributed by atoms with van der Waals surface area (Å²) in [4.78, 5) is 0. The summed E-state index contributed by atoms with van der Waals surface area (Å²) in [5, 5.41) is 10.2. The summed E-state index contributed by atoms with van der Waals surface area (Å²) in [6.07, 6.45) is 1.98. The van der Waals surface area contributed by atoms with Gasteiger partial charge in [0.1, 0.15) is 5.75 Å². The Morgan fingerprint density at radius 2 is 2.26 bits per heavy atom. The average Bonchev–Trinajstić information content (AvgIpc) is 2.76. The lowest BCUT2D eigenvalue weighted by Gasteiger charge is -2.17. The molecular formula is C15H21BrO3. The molecule has 2 unspecified atom stereocenters. The number of benzene rings is 1. The first-order valence-corrected chi connectivity index (χ1v) is 7.50. The molecule has 0 saturated heterocycles. The number of ether oxygens (including phenoxy) is 2. The topological polar surface area (TPSA) is 38.7 Å². The molecule has 0 amide bonds. The van der Waals surface area contributed by atoms with Crippen molar-refractivity contribution in [2.75, 3.05) is 20.3 Å². The van der Waals surface area contributed by atoms with Crippen LogP contribution in [0.15, 0.2) is 16.6 Å². The molecule has 0 radical (unpaired) electrons. The van der Waals surface area contributed by atoms with E-state index in [1.54, 1.807) is 7.11 Å². The molecule has 1 aromatic rings. The van der Waals surface area contributed by atoms with Gasteiger partial charge in [0.25, 0.3) is 0 Å². The van der Waals surface area contributed by atoms with E-state index in [2.05, 4.69) is 28.9 Å². The summed E-state index contributed by atoms with van der Waals surface area (Å²) in [6, 6.07) is 4.15. The summed E-state index contributed by atoms with van der Waals surface area (Å²) in [6.45, 7) is 3.52. The molecule has 0 bridgehead atoms. The van der Waals surface area contributed by atoms with E-state index in [4.69, 9.17) is 9.47 Å². The van der Waals surface area contributed by atoms with Crippen LogP contribution in [0.5, 0.6) is 5.75 Å². The van der Waals surface area contributed by atoms with Gasteiger partial charge in [-0.3, -0.25) is 0 Å². The number of methoxy groups -OCH3 is 1. The molecule has 1 aliphatic rings. The van der Waals surface area contributed by atoms with Gasteiger partial charge in [-0.15, -0.1) is 0 Å². The van der Waals surface area contributed by atoms with Crippen molar-refractivity contribution in [1.82, 2.24) is 0 Å². The number of aliphatic hydroxyl groups is 1. The summed E-state index contributed by atoms with van der Waals surface area (Å²) in [7, 11) is 1.69. The Morgan fingerprint density at radius 1 is 1.47 bits per heavy atom. The fourth-order valence-corrected chi connectivity index (χ4v) is 3.20. The van der Waals surface area contributed by atoms with Crippen molar-refractivity contribution in [3.05, 3.63) is 27.7 Å². The first-order valence-electron chi connectivity index (χ1n) is 6.71. The van der Waals surface area contributed by atoms with Gasteiger partial charge in [-0.05, 0) is 35.6 Å². The van der Waals surface area contributed by atoms with Crippen LogP contribution in [0.4, 0.5) is 0 Å². The van der Waals surface area contributed by atoms with Crippen LogP contribution in [0.3, 0.4) is 0 Å². The summed E-state index contributed by atoms with van der Waals surface area (Å²) in [5.74, 6) is 1.34. The van der Waals surface area contributed by atoms with E-state index in [1.165, 1.54) is 5.56 Å². The van der Waals surface area contributed by atoms with Crippen LogP contribution in [0.1, 0.15) is 24.5 Å². The standard InChI is InChI=1S/C15H21BrO3/c1-10(9-18-2)5-14(17)8-12-7-13(16)6-11-3-4-19-15(11)12/h6-7,10,14,17H,3-5,8-9H2,1-2H3. The molecule has 106 valence electrons. The summed E-state index contributed by atoms with van der Waals surface area (Å²) in [5.41, 5.74) is 2.33. The minimum atomic E-state index is -0.354. The van der Waals surface area contributed by atoms with Crippen LogP contribution in [-0.2, 0) is 17.6 Å². The van der Waals surface area contributed by atoms with Crippen LogP contribution >= 0.6 is 15.9 Å². The Balaban J connectivity index is 2.03. The molecule has 3 nitrogen and oxygen atoms in total. The van der Waals surface area contributed by atoms with Crippen LogP contribution in [0, 0.1) is 5.92 Å². The quantitative estimate of drug-likeness (QED) is 0.872. The Bertz CT molecular complexity index is 434. The van der Waals surface area contributed by atoms with E-state index < -0.39 is 0 Å². The predicted molar refractivity (Wildman–Crippen MR) is 78.7 cm³/mol. The molecule has 1 aliphatic heterocycles. The second-order valence-electron chi connectivity index (χ2n) is 5.31. The molecule has 0 saturated carbocycles. The normalized spacial score (nSPS) is 16.8. The third-order valence-corrected chi connectivity index (χ3v) is 3.86. The number of rotatable bonds is 6. The lowest BCUT2D eigenvalue weighted by molar-refractivity contribution is 0.101. The monoisotopic (exact) mass is 328 g/mol. The zero-order chi connectivity index (χ0) is 13.8. The smallest absolute Gasteiger partial charge is 0.125 e. The highest BCUT2D eigenvalue weighted by Gasteiger charge is 2.20. The fraction of sp³-hybridized carbons (Fsp3) is 0.600. The van der Waals surface area contributed by atoms with Crippen molar-refractivity contribution in [2.24, 2.45) is 5.92 Å². The van der Waals surface area contributed by atoms with Crippen molar-refractivity contribution in [3.63, 3.8) is 0 Å². The number of fused-ring (bicyclic) bond motifs is 1. The minimum absolute atomic E-state index is 0.354. The van der Waals surface area contributed by atoms with Gasteiger partial charge in [0.15, 0.2) is 0 Å². The molecule has 0 aliphatic carbocycles. The molecule has 0 fully saturated rings. The van der Waals surface area contributed by atoms with Gasteiger partial charge in [-0.1, -0.05) is 22.9 Å². The number of hydrogen-bond acceptors (Lipinski definition) is 3. The highest BCUT2D eigenvalue weighted by Crippen LogP contribution is 2.34. The van der Waals surface area contributed by atoms with Gasteiger partial charge in [-0.25, -0.2) is 0 Å². The molecule has 0 spiro atoms. The number of hydrogen-bond donors (Lipinski definition) is 1. The number of halogens is 1. The SMILES string of the molecule is COCC(C)CC(O)Cc1cc(Br)cc2c1OCC2. The Hall–Kier alpha value is -0.580. The van der Waals surface area contributed by atoms with E-state index in [1.807, 2.05) is 6.07 Å². The highest BCUT2D eigenvalue weighted by atomic mass is 79.9. The second-order valence-corrected chi connectivity index (χ2v) is 6.22. The highest BCUT2D eigenvalue weighted by molar-refractivity contribution is 9.10. The van der Waals surface area contributed by atoms with Crippen LogP contribution in [0.25, 0.3) is 0 Å². The first-order chi connectivity index (χ1) is 9.10. The van der Waals surface area contributed by atoms with E-state index in [-0.39, 0.29) is 6.10 Å². The molecule has 1 aromatic carbocycles. The van der Waals surface area contributed by atoms with Crippen molar-refractivity contribution in [2.45, 2.75) is 32.3 Å². The average molecular weight is 329 g/mol. The van der Waals surface area contributed by atoms with Crippen LogP contribution < -0.4 is 4.74 Å². The van der Waals surface area contributed by atoms with Crippen molar-refractivity contribution in [1.29, 1.82) is 0 Å². The Kier molecular flexibility index (Phi) is 5.25.